The molecule has 0 saturated carbocycles. The molecule has 0 aliphatic rings. The lowest BCUT2D eigenvalue weighted by atomic mass is 9.98. The number of fused-ring (bicyclic) bond motifs is 1. The summed E-state index contributed by atoms with van der Waals surface area (Å²) in [6.45, 7) is 8.22. The smallest absolute Gasteiger partial charge is 0.120 e. The fourth-order valence-corrected chi connectivity index (χ4v) is 2.71. The van der Waals surface area contributed by atoms with Crippen LogP contribution in [-0.4, -0.2) is 37.1 Å². The summed E-state index contributed by atoms with van der Waals surface area (Å²) in [4.78, 5) is 6.80. The second-order valence-electron chi connectivity index (χ2n) is 6.05. The van der Waals surface area contributed by atoms with E-state index in [1.165, 1.54) is 9.71 Å². The van der Waals surface area contributed by atoms with Crippen LogP contribution in [0.2, 0.25) is 0 Å². The average molecular weight is 278 g/mol. The van der Waals surface area contributed by atoms with E-state index in [1.54, 1.807) is 11.3 Å². The summed E-state index contributed by atoms with van der Waals surface area (Å²) in [6.07, 6.45) is 0. The van der Waals surface area contributed by atoms with E-state index in [4.69, 9.17) is 4.74 Å². The Balaban J connectivity index is 2.16. The van der Waals surface area contributed by atoms with E-state index in [9.17, 15) is 0 Å². The minimum absolute atomic E-state index is 0.107. The lowest BCUT2D eigenvalue weighted by molar-refractivity contribution is 0.261. The van der Waals surface area contributed by atoms with E-state index in [0.717, 1.165) is 17.8 Å². The van der Waals surface area contributed by atoms with Gasteiger partial charge in [0.15, 0.2) is 0 Å². The predicted molar refractivity (Wildman–Crippen MR) is 82.4 cm³/mol. The molecule has 0 saturated heterocycles. The maximum Gasteiger partial charge on any atom is 0.120 e. The first-order valence-corrected chi connectivity index (χ1v) is 7.36. The molecule has 4 heteroatoms. The monoisotopic (exact) mass is 278 g/mol. The Morgan fingerprint density at radius 2 is 2.00 bits per heavy atom. The Labute approximate surface area is 119 Å². The van der Waals surface area contributed by atoms with E-state index in [-0.39, 0.29) is 5.41 Å². The van der Waals surface area contributed by atoms with Crippen LogP contribution in [0.15, 0.2) is 18.2 Å². The number of likely N-dealkylation sites (N-methyl/N-ethyl adjacent to an activating group) is 1. The highest BCUT2D eigenvalue weighted by atomic mass is 32.1. The lowest BCUT2D eigenvalue weighted by Crippen LogP contribution is -2.19. The van der Waals surface area contributed by atoms with Crippen LogP contribution < -0.4 is 4.74 Å². The number of aromatic nitrogens is 1. The quantitative estimate of drug-likeness (QED) is 0.855. The standard InChI is InChI=1S/C15H22N2OS/c1-15(2,3)14-16-12-7-6-11(10-13(12)19-14)18-9-8-17(4)5/h6-7,10H,8-9H2,1-5H3. The molecular formula is C15H22N2OS. The summed E-state index contributed by atoms with van der Waals surface area (Å²) in [5.41, 5.74) is 1.17. The maximum atomic E-state index is 5.76. The summed E-state index contributed by atoms with van der Waals surface area (Å²) in [7, 11) is 4.09. The van der Waals surface area contributed by atoms with Crippen molar-refractivity contribution >= 4 is 21.6 Å². The number of thiazole rings is 1. The van der Waals surface area contributed by atoms with Gasteiger partial charge in [-0.1, -0.05) is 20.8 Å². The minimum atomic E-state index is 0.107. The van der Waals surface area contributed by atoms with Gasteiger partial charge in [0, 0.05) is 12.0 Å². The number of hydrogen-bond donors (Lipinski definition) is 0. The number of rotatable bonds is 4. The van der Waals surface area contributed by atoms with Crippen LogP contribution in [0.1, 0.15) is 25.8 Å². The highest BCUT2D eigenvalue weighted by molar-refractivity contribution is 7.18. The summed E-state index contributed by atoms with van der Waals surface area (Å²) in [6, 6.07) is 6.15. The maximum absolute atomic E-state index is 5.76. The van der Waals surface area contributed by atoms with Crippen molar-refractivity contribution in [3.8, 4) is 5.75 Å². The molecule has 0 aliphatic heterocycles. The highest BCUT2D eigenvalue weighted by Crippen LogP contribution is 2.32. The van der Waals surface area contributed by atoms with Crippen LogP contribution in [0.25, 0.3) is 10.2 Å². The normalized spacial score (nSPS) is 12.3. The zero-order valence-electron chi connectivity index (χ0n) is 12.4. The van der Waals surface area contributed by atoms with E-state index in [1.807, 2.05) is 26.2 Å². The van der Waals surface area contributed by atoms with Crippen molar-refractivity contribution in [2.75, 3.05) is 27.2 Å². The van der Waals surface area contributed by atoms with Crippen molar-refractivity contribution in [2.45, 2.75) is 26.2 Å². The topological polar surface area (TPSA) is 25.4 Å². The molecule has 1 aromatic carbocycles. The van der Waals surface area contributed by atoms with Gasteiger partial charge in [0.1, 0.15) is 12.4 Å². The molecule has 0 unspecified atom stereocenters. The van der Waals surface area contributed by atoms with Crippen LogP contribution in [-0.2, 0) is 5.41 Å². The molecule has 1 heterocycles. The molecule has 2 rings (SSSR count). The molecule has 3 nitrogen and oxygen atoms in total. The van der Waals surface area contributed by atoms with Crippen molar-refractivity contribution in [2.24, 2.45) is 0 Å². The first kappa shape index (κ1) is 14.3. The molecule has 0 fully saturated rings. The molecule has 2 aromatic rings. The fraction of sp³-hybridized carbons (Fsp3) is 0.533. The van der Waals surface area contributed by atoms with E-state index in [2.05, 4.69) is 36.7 Å². The molecule has 19 heavy (non-hydrogen) atoms. The molecule has 0 bridgehead atoms. The Hall–Kier alpha value is -1.13. The number of hydrogen-bond acceptors (Lipinski definition) is 4. The van der Waals surface area contributed by atoms with Crippen LogP contribution >= 0.6 is 11.3 Å². The molecule has 0 aliphatic carbocycles. The summed E-state index contributed by atoms with van der Waals surface area (Å²) >= 11 is 1.76. The van der Waals surface area contributed by atoms with Crippen molar-refractivity contribution in [3.05, 3.63) is 23.2 Å². The molecular weight excluding hydrogens is 256 g/mol. The molecule has 104 valence electrons. The number of ether oxygens (including phenoxy) is 1. The first-order chi connectivity index (χ1) is 8.86. The van der Waals surface area contributed by atoms with Gasteiger partial charge in [-0.2, -0.15) is 0 Å². The zero-order chi connectivity index (χ0) is 14.0. The zero-order valence-corrected chi connectivity index (χ0v) is 13.2. The Bertz CT molecular complexity index is 555. The third-order valence-corrected chi connectivity index (χ3v) is 4.25. The van der Waals surface area contributed by atoms with Crippen LogP contribution in [0.5, 0.6) is 5.75 Å². The molecule has 0 amide bonds. The molecule has 0 atom stereocenters. The van der Waals surface area contributed by atoms with Gasteiger partial charge < -0.3 is 9.64 Å². The van der Waals surface area contributed by atoms with E-state index < -0.39 is 0 Å². The van der Waals surface area contributed by atoms with Crippen molar-refractivity contribution in [1.82, 2.24) is 9.88 Å². The third kappa shape index (κ3) is 3.67. The SMILES string of the molecule is CN(C)CCOc1ccc2nc(C(C)(C)C)sc2c1. The first-order valence-electron chi connectivity index (χ1n) is 6.55. The molecule has 1 aromatic heterocycles. The molecule has 0 spiro atoms. The van der Waals surface area contributed by atoms with Gasteiger partial charge in [-0.05, 0) is 32.3 Å². The van der Waals surface area contributed by atoms with Gasteiger partial charge in [0.25, 0.3) is 0 Å². The average Bonchev–Trinajstić information content (AvgIpc) is 2.71. The van der Waals surface area contributed by atoms with Crippen molar-refractivity contribution < 1.29 is 4.74 Å². The highest BCUT2D eigenvalue weighted by Gasteiger charge is 2.18. The Kier molecular flexibility index (Phi) is 4.11. The largest absolute Gasteiger partial charge is 0.492 e. The van der Waals surface area contributed by atoms with Crippen molar-refractivity contribution in [3.63, 3.8) is 0 Å². The van der Waals surface area contributed by atoms with Gasteiger partial charge in [-0.15, -0.1) is 11.3 Å². The van der Waals surface area contributed by atoms with Gasteiger partial charge >= 0.3 is 0 Å². The molecule has 0 radical (unpaired) electrons. The van der Waals surface area contributed by atoms with Crippen LogP contribution in [0.3, 0.4) is 0 Å². The summed E-state index contributed by atoms with van der Waals surface area (Å²) < 4.78 is 6.96. The van der Waals surface area contributed by atoms with Gasteiger partial charge in [0.2, 0.25) is 0 Å². The predicted octanol–water partition coefficient (Wildman–Crippen LogP) is 3.53. The van der Waals surface area contributed by atoms with Gasteiger partial charge in [0.05, 0.1) is 15.2 Å². The van der Waals surface area contributed by atoms with Crippen molar-refractivity contribution in [1.29, 1.82) is 0 Å². The minimum Gasteiger partial charge on any atom is -0.492 e. The van der Waals surface area contributed by atoms with Crippen LogP contribution in [0.4, 0.5) is 0 Å². The van der Waals surface area contributed by atoms with E-state index >= 15 is 0 Å². The number of nitrogens with zero attached hydrogens (tertiary/aromatic N) is 2. The second kappa shape index (κ2) is 5.47. The second-order valence-corrected chi connectivity index (χ2v) is 7.08. The fourth-order valence-electron chi connectivity index (χ4n) is 1.66. The van der Waals surface area contributed by atoms with Gasteiger partial charge in [-0.3, -0.25) is 0 Å². The summed E-state index contributed by atoms with van der Waals surface area (Å²) in [5.74, 6) is 0.929. The number of benzene rings is 1. The lowest BCUT2D eigenvalue weighted by Gasteiger charge is -2.13. The molecule has 0 N–H and O–H groups in total. The Morgan fingerprint density at radius 3 is 2.63 bits per heavy atom. The summed E-state index contributed by atoms with van der Waals surface area (Å²) in [5, 5.41) is 1.17. The van der Waals surface area contributed by atoms with Crippen LogP contribution in [0, 0.1) is 0 Å². The van der Waals surface area contributed by atoms with Gasteiger partial charge in [-0.25, -0.2) is 4.98 Å². The van der Waals surface area contributed by atoms with E-state index in [0.29, 0.717) is 6.61 Å². The Morgan fingerprint density at radius 1 is 1.26 bits per heavy atom. The third-order valence-electron chi connectivity index (χ3n) is 2.81.